The Morgan fingerprint density at radius 3 is 2.62 bits per heavy atom. The second kappa shape index (κ2) is 7.88. The molecule has 134 valence electrons. The van der Waals surface area contributed by atoms with Gasteiger partial charge in [0.05, 0.1) is 19.1 Å². The van der Waals surface area contributed by atoms with Crippen molar-refractivity contribution < 1.29 is 22.7 Å². The van der Waals surface area contributed by atoms with Gasteiger partial charge in [0.25, 0.3) is 0 Å². The number of ether oxygens (including phenoxy) is 1. The van der Waals surface area contributed by atoms with Gasteiger partial charge in [-0.3, -0.25) is 9.69 Å². The van der Waals surface area contributed by atoms with E-state index in [1.807, 2.05) is 12.1 Å². The van der Waals surface area contributed by atoms with E-state index in [4.69, 9.17) is 4.74 Å². The first kappa shape index (κ1) is 18.6. The average molecular weight is 344 g/mol. The first-order valence-electron chi connectivity index (χ1n) is 8.02. The number of carbonyl (C=O) groups is 1. The van der Waals surface area contributed by atoms with Crippen molar-refractivity contribution in [2.24, 2.45) is 5.92 Å². The predicted molar refractivity (Wildman–Crippen MR) is 84.7 cm³/mol. The lowest BCUT2D eigenvalue weighted by Gasteiger charge is -2.36. The fraction of sp³-hybridized carbons (Fsp3) is 0.588. The third-order valence-corrected chi connectivity index (χ3v) is 4.47. The van der Waals surface area contributed by atoms with Gasteiger partial charge in [0.1, 0.15) is 5.75 Å². The van der Waals surface area contributed by atoms with Gasteiger partial charge in [-0.05, 0) is 44.0 Å². The Hall–Kier alpha value is -1.76. The van der Waals surface area contributed by atoms with Gasteiger partial charge in [-0.2, -0.15) is 13.2 Å². The molecule has 4 nitrogen and oxygen atoms in total. The lowest BCUT2D eigenvalue weighted by atomic mass is 9.96. The summed E-state index contributed by atoms with van der Waals surface area (Å²) in [4.78, 5) is 13.9. The van der Waals surface area contributed by atoms with Crippen molar-refractivity contribution in [2.45, 2.75) is 38.5 Å². The monoisotopic (exact) mass is 344 g/mol. The zero-order valence-corrected chi connectivity index (χ0v) is 13.9. The van der Waals surface area contributed by atoms with Gasteiger partial charge < -0.3 is 10.1 Å². The Kier molecular flexibility index (Phi) is 6.10. The molecule has 0 unspecified atom stereocenters. The van der Waals surface area contributed by atoms with Crippen LogP contribution in [0, 0.1) is 5.92 Å². The van der Waals surface area contributed by atoms with Gasteiger partial charge in [0.15, 0.2) is 0 Å². The minimum absolute atomic E-state index is 0.110. The quantitative estimate of drug-likeness (QED) is 0.893. The van der Waals surface area contributed by atoms with E-state index in [2.05, 4.69) is 5.32 Å². The summed E-state index contributed by atoms with van der Waals surface area (Å²) in [5.41, 5.74) is 0.906. The van der Waals surface area contributed by atoms with Crippen LogP contribution in [0.25, 0.3) is 0 Å². The second-order valence-electron chi connectivity index (χ2n) is 6.12. The van der Waals surface area contributed by atoms with Crippen LogP contribution in [0.15, 0.2) is 24.3 Å². The largest absolute Gasteiger partial charge is 0.497 e. The predicted octanol–water partition coefficient (Wildman–Crippen LogP) is 2.97. The van der Waals surface area contributed by atoms with E-state index in [1.165, 1.54) is 0 Å². The number of methoxy groups -OCH3 is 1. The minimum atomic E-state index is -4.20. The molecule has 1 aliphatic rings. The van der Waals surface area contributed by atoms with E-state index in [9.17, 15) is 18.0 Å². The summed E-state index contributed by atoms with van der Waals surface area (Å²) in [5, 5.41) is 2.78. The summed E-state index contributed by atoms with van der Waals surface area (Å²) >= 11 is 0. The molecule has 1 amide bonds. The summed E-state index contributed by atoms with van der Waals surface area (Å²) in [5.74, 6) is -0.873. The zero-order valence-electron chi connectivity index (χ0n) is 13.9. The first-order chi connectivity index (χ1) is 11.3. The van der Waals surface area contributed by atoms with E-state index >= 15 is 0 Å². The molecule has 0 aromatic heterocycles. The summed E-state index contributed by atoms with van der Waals surface area (Å²) in [6.45, 7) is 2.40. The van der Waals surface area contributed by atoms with Crippen molar-refractivity contribution >= 4 is 5.91 Å². The van der Waals surface area contributed by atoms with Crippen LogP contribution in [0.1, 0.15) is 25.3 Å². The Balaban J connectivity index is 1.86. The van der Waals surface area contributed by atoms with Gasteiger partial charge in [0, 0.05) is 13.1 Å². The zero-order chi connectivity index (χ0) is 17.7. The molecule has 2 atom stereocenters. The molecule has 1 aromatic rings. The highest BCUT2D eigenvalue weighted by Crippen LogP contribution is 2.33. The van der Waals surface area contributed by atoms with Gasteiger partial charge in [-0.1, -0.05) is 12.1 Å². The van der Waals surface area contributed by atoms with Crippen LogP contribution in [0.5, 0.6) is 5.75 Å². The number of amides is 1. The number of hydrogen-bond donors (Lipinski definition) is 1. The highest BCUT2D eigenvalue weighted by atomic mass is 19.4. The number of piperidine rings is 1. The second-order valence-corrected chi connectivity index (χ2v) is 6.12. The van der Waals surface area contributed by atoms with Crippen molar-refractivity contribution in [3.05, 3.63) is 29.8 Å². The summed E-state index contributed by atoms with van der Waals surface area (Å²) < 4.78 is 43.7. The molecular formula is C17H23F3N2O2. The molecular weight excluding hydrogens is 321 g/mol. The van der Waals surface area contributed by atoms with Crippen molar-refractivity contribution in [3.8, 4) is 5.75 Å². The molecule has 0 bridgehead atoms. The topological polar surface area (TPSA) is 41.6 Å². The number of carbonyl (C=O) groups excluding carboxylic acids is 1. The highest BCUT2D eigenvalue weighted by Gasteiger charge is 2.43. The number of likely N-dealkylation sites (tertiary alicyclic amines) is 1. The maximum Gasteiger partial charge on any atom is 0.393 e. The van der Waals surface area contributed by atoms with Gasteiger partial charge in [-0.25, -0.2) is 0 Å². The van der Waals surface area contributed by atoms with Crippen LogP contribution in [0.4, 0.5) is 13.2 Å². The molecule has 7 heteroatoms. The minimum Gasteiger partial charge on any atom is -0.497 e. The van der Waals surface area contributed by atoms with E-state index in [0.29, 0.717) is 19.5 Å². The fourth-order valence-electron chi connectivity index (χ4n) is 2.87. The lowest BCUT2D eigenvalue weighted by molar-refractivity contribution is -0.188. The molecule has 1 N–H and O–H groups in total. The van der Waals surface area contributed by atoms with Crippen molar-refractivity contribution in [1.29, 1.82) is 0 Å². The lowest BCUT2D eigenvalue weighted by Crippen LogP contribution is -2.51. The Bertz CT molecular complexity index is 546. The number of halogens is 3. The van der Waals surface area contributed by atoms with Crippen LogP contribution in [0.3, 0.4) is 0 Å². The third kappa shape index (κ3) is 4.87. The Labute approximate surface area is 140 Å². The number of nitrogens with one attached hydrogen (secondary N) is 1. The van der Waals surface area contributed by atoms with Gasteiger partial charge in [0.2, 0.25) is 5.91 Å². The van der Waals surface area contributed by atoms with Crippen molar-refractivity contribution in [2.75, 3.05) is 20.2 Å². The van der Waals surface area contributed by atoms with E-state index < -0.39 is 18.1 Å². The summed E-state index contributed by atoms with van der Waals surface area (Å²) in [6, 6.07) is 6.69. The SMILES string of the molecule is COc1ccc(CNC(=O)[C@H](C)N2CCC[C@H](C(F)(F)F)C2)cc1. The van der Waals surface area contributed by atoms with Gasteiger partial charge in [-0.15, -0.1) is 0 Å². The van der Waals surface area contributed by atoms with Crippen LogP contribution in [0.2, 0.25) is 0 Å². The Morgan fingerprint density at radius 2 is 2.04 bits per heavy atom. The molecule has 0 spiro atoms. The molecule has 1 heterocycles. The van der Waals surface area contributed by atoms with Crippen molar-refractivity contribution in [1.82, 2.24) is 10.2 Å². The number of rotatable bonds is 5. The fourth-order valence-corrected chi connectivity index (χ4v) is 2.87. The molecule has 1 saturated heterocycles. The number of benzene rings is 1. The number of hydrogen-bond acceptors (Lipinski definition) is 3. The number of alkyl halides is 3. The normalized spacial score (nSPS) is 20.5. The smallest absolute Gasteiger partial charge is 0.393 e. The third-order valence-electron chi connectivity index (χ3n) is 4.47. The van der Waals surface area contributed by atoms with Crippen LogP contribution < -0.4 is 10.1 Å². The highest BCUT2D eigenvalue weighted by molar-refractivity contribution is 5.81. The van der Waals surface area contributed by atoms with E-state index in [1.54, 1.807) is 31.1 Å². The summed E-state index contributed by atoms with van der Waals surface area (Å²) in [7, 11) is 1.57. The maximum atomic E-state index is 12.9. The molecule has 24 heavy (non-hydrogen) atoms. The standard InChI is InChI=1S/C17H23F3N2O2/c1-12(22-9-3-4-14(11-22)17(18,19)20)16(23)21-10-13-5-7-15(24-2)8-6-13/h5-8,12,14H,3-4,9-11H2,1-2H3,(H,21,23)/t12-,14-/m0/s1. The molecule has 1 fully saturated rings. The maximum absolute atomic E-state index is 12.9. The summed E-state index contributed by atoms with van der Waals surface area (Å²) in [6.07, 6.45) is -3.60. The molecule has 0 aliphatic carbocycles. The molecule has 1 aliphatic heterocycles. The van der Waals surface area contributed by atoms with Gasteiger partial charge >= 0.3 is 6.18 Å². The molecule has 0 radical (unpaired) electrons. The Morgan fingerprint density at radius 1 is 1.38 bits per heavy atom. The van der Waals surface area contributed by atoms with E-state index in [0.717, 1.165) is 11.3 Å². The van der Waals surface area contributed by atoms with Crippen LogP contribution in [-0.2, 0) is 11.3 Å². The van der Waals surface area contributed by atoms with Crippen LogP contribution in [-0.4, -0.2) is 43.2 Å². The molecule has 2 rings (SSSR count). The van der Waals surface area contributed by atoms with Crippen molar-refractivity contribution in [3.63, 3.8) is 0 Å². The molecule has 0 saturated carbocycles. The number of nitrogens with zero attached hydrogens (tertiary/aromatic N) is 1. The first-order valence-corrected chi connectivity index (χ1v) is 8.02. The average Bonchev–Trinajstić information content (AvgIpc) is 2.58. The van der Waals surface area contributed by atoms with Crippen LogP contribution >= 0.6 is 0 Å². The van der Waals surface area contributed by atoms with E-state index in [-0.39, 0.29) is 18.9 Å². The molecule has 1 aromatic carbocycles.